The minimum Gasteiger partial charge on any atom is -0.452 e. The molecule has 0 radical (unpaired) electrons. The third-order valence-corrected chi connectivity index (χ3v) is 7.16. The summed E-state index contributed by atoms with van der Waals surface area (Å²) in [6.07, 6.45) is 1.62. The minimum absolute atomic E-state index is 0.000907. The number of sulfonamides is 1. The SMILES string of the molecule is Cc1ccc(S(=O)(=O)NC2CC2)cc1C(=O)OCC(=O)NC(C)c1cccc2ccccc12. The molecule has 0 bridgehead atoms. The third kappa shape index (κ3) is 5.40. The molecule has 0 aliphatic heterocycles. The average Bonchev–Trinajstić information content (AvgIpc) is 3.60. The van der Waals surface area contributed by atoms with Crippen LogP contribution in [0.15, 0.2) is 65.6 Å². The van der Waals surface area contributed by atoms with Crippen LogP contribution in [0.4, 0.5) is 0 Å². The second-order valence-electron chi connectivity index (χ2n) is 8.31. The number of aryl methyl sites for hydroxylation is 1. The van der Waals surface area contributed by atoms with Gasteiger partial charge in [-0.05, 0) is 60.7 Å². The average molecular weight is 467 g/mol. The van der Waals surface area contributed by atoms with Crippen LogP contribution >= 0.6 is 0 Å². The summed E-state index contributed by atoms with van der Waals surface area (Å²) in [7, 11) is -3.70. The summed E-state index contributed by atoms with van der Waals surface area (Å²) in [6.45, 7) is 3.08. The van der Waals surface area contributed by atoms with Crippen LogP contribution in [0.5, 0.6) is 0 Å². The molecule has 1 atom stereocenters. The van der Waals surface area contributed by atoms with Crippen molar-refractivity contribution >= 4 is 32.7 Å². The summed E-state index contributed by atoms with van der Waals surface area (Å²) in [5, 5.41) is 4.97. The Hall–Kier alpha value is -3.23. The lowest BCUT2D eigenvalue weighted by Gasteiger charge is -2.17. The van der Waals surface area contributed by atoms with Gasteiger partial charge >= 0.3 is 5.97 Å². The molecule has 0 aromatic heterocycles. The molecule has 0 saturated heterocycles. The first-order valence-electron chi connectivity index (χ1n) is 10.8. The molecule has 0 spiro atoms. The molecule has 1 saturated carbocycles. The second-order valence-corrected chi connectivity index (χ2v) is 10.0. The number of amides is 1. The largest absolute Gasteiger partial charge is 0.452 e. The Kier molecular flexibility index (Phi) is 6.49. The standard InChI is InChI=1S/C25H26N2O5S/c1-16-10-13-20(33(30,31)27-19-11-12-19)14-23(16)25(29)32-15-24(28)26-17(2)21-9-5-7-18-6-3-4-8-22(18)21/h3-10,13-14,17,19,27H,11-12,15H2,1-2H3,(H,26,28). The first-order valence-corrected chi connectivity index (χ1v) is 12.3. The van der Waals surface area contributed by atoms with Crippen molar-refractivity contribution in [3.63, 3.8) is 0 Å². The van der Waals surface area contributed by atoms with Gasteiger partial charge in [-0.15, -0.1) is 0 Å². The van der Waals surface area contributed by atoms with Crippen LogP contribution in [0, 0.1) is 6.92 Å². The van der Waals surface area contributed by atoms with Gasteiger partial charge in [0, 0.05) is 6.04 Å². The van der Waals surface area contributed by atoms with E-state index >= 15 is 0 Å². The van der Waals surface area contributed by atoms with Gasteiger partial charge in [0.25, 0.3) is 5.91 Å². The van der Waals surface area contributed by atoms with E-state index < -0.39 is 28.5 Å². The maximum atomic E-state index is 12.6. The van der Waals surface area contributed by atoms with Crippen LogP contribution in [-0.4, -0.2) is 32.9 Å². The van der Waals surface area contributed by atoms with Gasteiger partial charge in [-0.25, -0.2) is 17.9 Å². The summed E-state index contributed by atoms with van der Waals surface area (Å²) in [6, 6.07) is 17.8. The Bertz CT molecular complexity index is 1310. The van der Waals surface area contributed by atoms with Gasteiger partial charge in [0.1, 0.15) is 0 Å². The third-order valence-electron chi connectivity index (χ3n) is 5.64. The molecule has 7 nitrogen and oxygen atoms in total. The maximum Gasteiger partial charge on any atom is 0.338 e. The van der Waals surface area contributed by atoms with Gasteiger partial charge in [0.15, 0.2) is 6.61 Å². The van der Waals surface area contributed by atoms with Crippen molar-refractivity contribution in [3.05, 3.63) is 77.4 Å². The number of hydrogen-bond donors (Lipinski definition) is 2. The van der Waals surface area contributed by atoms with Crippen molar-refractivity contribution in [2.24, 2.45) is 0 Å². The van der Waals surface area contributed by atoms with Crippen molar-refractivity contribution in [3.8, 4) is 0 Å². The van der Waals surface area contributed by atoms with Gasteiger partial charge in [0.05, 0.1) is 16.5 Å². The predicted molar refractivity (Wildman–Crippen MR) is 125 cm³/mol. The Labute approximate surface area is 193 Å². The Morgan fingerprint density at radius 1 is 1.06 bits per heavy atom. The molecule has 1 aliphatic rings. The van der Waals surface area contributed by atoms with E-state index in [-0.39, 0.29) is 22.5 Å². The van der Waals surface area contributed by atoms with E-state index in [0.717, 1.165) is 29.2 Å². The molecule has 1 unspecified atom stereocenters. The number of hydrogen-bond acceptors (Lipinski definition) is 5. The highest BCUT2D eigenvalue weighted by Crippen LogP contribution is 2.25. The summed E-state index contributed by atoms with van der Waals surface area (Å²) in [4.78, 5) is 25.0. The molecule has 0 heterocycles. The number of carbonyl (C=O) groups is 2. The molecular weight excluding hydrogens is 440 g/mol. The summed E-state index contributed by atoms with van der Waals surface area (Å²) in [5.74, 6) is -1.19. The fourth-order valence-electron chi connectivity index (χ4n) is 3.67. The molecule has 1 fully saturated rings. The van der Waals surface area contributed by atoms with Crippen LogP contribution in [-0.2, 0) is 19.6 Å². The fourth-order valence-corrected chi connectivity index (χ4v) is 5.01. The molecule has 4 rings (SSSR count). The summed E-state index contributed by atoms with van der Waals surface area (Å²) < 4.78 is 32.7. The highest BCUT2D eigenvalue weighted by molar-refractivity contribution is 7.89. The second kappa shape index (κ2) is 9.33. The molecule has 3 aromatic carbocycles. The highest BCUT2D eigenvalue weighted by atomic mass is 32.2. The van der Waals surface area contributed by atoms with Gasteiger partial charge in [-0.2, -0.15) is 0 Å². The monoisotopic (exact) mass is 466 g/mol. The van der Waals surface area contributed by atoms with Crippen molar-refractivity contribution < 1.29 is 22.7 Å². The fraction of sp³-hybridized carbons (Fsp3) is 0.280. The smallest absolute Gasteiger partial charge is 0.338 e. The predicted octanol–water partition coefficient (Wildman–Crippen LogP) is 3.62. The zero-order valence-electron chi connectivity index (χ0n) is 18.5. The molecule has 172 valence electrons. The van der Waals surface area contributed by atoms with E-state index in [1.54, 1.807) is 13.0 Å². The number of benzene rings is 3. The van der Waals surface area contributed by atoms with Crippen LogP contribution < -0.4 is 10.0 Å². The molecule has 8 heteroatoms. The van der Waals surface area contributed by atoms with E-state index in [9.17, 15) is 18.0 Å². The molecule has 1 aliphatic carbocycles. The van der Waals surface area contributed by atoms with Crippen molar-refractivity contribution in [1.29, 1.82) is 0 Å². The Balaban J connectivity index is 1.40. The zero-order valence-corrected chi connectivity index (χ0v) is 19.3. The number of esters is 1. The van der Waals surface area contributed by atoms with E-state index in [4.69, 9.17) is 4.74 Å². The van der Waals surface area contributed by atoms with Crippen LogP contribution in [0.3, 0.4) is 0 Å². The van der Waals surface area contributed by atoms with E-state index in [2.05, 4.69) is 10.0 Å². The van der Waals surface area contributed by atoms with Crippen molar-refractivity contribution in [2.75, 3.05) is 6.61 Å². The van der Waals surface area contributed by atoms with Gasteiger partial charge < -0.3 is 10.1 Å². The normalized spacial score (nSPS) is 14.6. The first kappa shape index (κ1) is 22.9. The number of fused-ring (bicyclic) bond motifs is 1. The first-order chi connectivity index (χ1) is 15.7. The topological polar surface area (TPSA) is 102 Å². The zero-order chi connectivity index (χ0) is 23.6. The summed E-state index contributed by atoms with van der Waals surface area (Å²) in [5.41, 5.74) is 1.64. The van der Waals surface area contributed by atoms with Crippen molar-refractivity contribution in [2.45, 2.75) is 43.7 Å². The van der Waals surface area contributed by atoms with E-state index in [1.165, 1.54) is 12.1 Å². The van der Waals surface area contributed by atoms with Gasteiger partial charge in [-0.3, -0.25) is 4.79 Å². The molecule has 1 amide bonds. The lowest BCUT2D eigenvalue weighted by atomic mass is 10.00. The number of rotatable bonds is 8. The minimum atomic E-state index is -3.70. The lowest BCUT2D eigenvalue weighted by molar-refractivity contribution is -0.124. The quantitative estimate of drug-likeness (QED) is 0.494. The lowest BCUT2D eigenvalue weighted by Crippen LogP contribution is -2.31. The Morgan fingerprint density at radius 2 is 1.79 bits per heavy atom. The van der Waals surface area contributed by atoms with Crippen LogP contribution in [0.1, 0.15) is 47.3 Å². The van der Waals surface area contributed by atoms with Crippen LogP contribution in [0.25, 0.3) is 10.8 Å². The van der Waals surface area contributed by atoms with Crippen LogP contribution in [0.2, 0.25) is 0 Å². The molecule has 2 N–H and O–H groups in total. The van der Waals surface area contributed by atoms with E-state index in [0.29, 0.717) is 5.56 Å². The van der Waals surface area contributed by atoms with Gasteiger partial charge in [0.2, 0.25) is 10.0 Å². The maximum absolute atomic E-state index is 12.6. The van der Waals surface area contributed by atoms with E-state index in [1.807, 2.05) is 49.4 Å². The van der Waals surface area contributed by atoms with Gasteiger partial charge in [-0.1, -0.05) is 48.5 Å². The summed E-state index contributed by atoms with van der Waals surface area (Å²) >= 11 is 0. The molecular formula is C25H26N2O5S. The highest BCUT2D eigenvalue weighted by Gasteiger charge is 2.28. The van der Waals surface area contributed by atoms with Crippen molar-refractivity contribution in [1.82, 2.24) is 10.0 Å². The molecule has 3 aromatic rings. The number of nitrogens with one attached hydrogen (secondary N) is 2. The number of carbonyl (C=O) groups excluding carboxylic acids is 2. The Morgan fingerprint density at radius 3 is 2.55 bits per heavy atom. The molecule has 33 heavy (non-hydrogen) atoms. The number of ether oxygens (including phenoxy) is 1.